The van der Waals surface area contributed by atoms with Crippen LogP contribution in [0.5, 0.6) is 0 Å². The lowest BCUT2D eigenvalue weighted by Gasteiger charge is -2.27. The van der Waals surface area contributed by atoms with Gasteiger partial charge in [0.1, 0.15) is 12.1 Å². The molecule has 0 amide bonds. The highest BCUT2D eigenvalue weighted by molar-refractivity contribution is 7.07. The van der Waals surface area contributed by atoms with Gasteiger partial charge < -0.3 is 4.74 Å². The summed E-state index contributed by atoms with van der Waals surface area (Å²) in [7, 11) is 0. The molecule has 1 aromatic heterocycles. The number of rotatable bonds is 2. The van der Waals surface area contributed by atoms with Gasteiger partial charge in [-0.15, -0.1) is 0 Å². The maximum atomic E-state index is 11.8. The first kappa shape index (κ1) is 11.2. The molecule has 3 heterocycles. The van der Waals surface area contributed by atoms with Gasteiger partial charge in [-0.25, -0.2) is 0 Å². The predicted molar refractivity (Wildman–Crippen MR) is 67.0 cm³/mol. The minimum Gasteiger partial charge on any atom is -0.461 e. The Balaban J connectivity index is 1.80. The summed E-state index contributed by atoms with van der Waals surface area (Å²) in [5, 5.41) is 4.31. The van der Waals surface area contributed by atoms with Crippen LogP contribution in [0.1, 0.15) is 37.8 Å². The molecule has 0 saturated carbocycles. The van der Waals surface area contributed by atoms with Gasteiger partial charge in [-0.05, 0) is 48.7 Å². The molecule has 4 heteroatoms. The molecule has 3 nitrogen and oxygen atoms in total. The van der Waals surface area contributed by atoms with Crippen molar-refractivity contribution < 1.29 is 9.53 Å². The smallest absolute Gasteiger partial charge is 0.323 e. The average Bonchev–Trinajstić information content (AvgIpc) is 2.97. The number of carbonyl (C=O) groups excluding carboxylic acids is 1. The number of carbonyl (C=O) groups is 1. The standard InChI is InChI=1S/C13H17NO2S/c1-9-7-12(13(15)16-9)14-5-2-3-11(14)10-4-6-17-8-10/h4,6,8-9,11-12H,2-3,5,7H2,1H3/t9-,11-,12-/m1/s1. The van der Waals surface area contributed by atoms with Crippen LogP contribution in [0.3, 0.4) is 0 Å². The van der Waals surface area contributed by atoms with Crippen molar-refractivity contribution in [1.29, 1.82) is 0 Å². The number of hydrogen-bond acceptors (Lipinski definition) is 4. The lowest BCUT2D eigenvalue weighted by atomic mass is 10.1. The molecular weight excluding hydrogens is 234 g/mol. The highest BCUT2D eigenvalue weighted by Crippen LogP contribution is 2.37. The quantitative estimate of drug-likeness (QED) is 0.757. The molecule has 2 aliphatic heterocycles. The molecule has 3 atom stereocenters. The number of cyclic esters (lactones) is 1. The molecular formula is C13H17NO2S. The van der Waals surface area contributed by atoms with Crippen molar-refractivity contribution in [2.24, 2.45) is 0 Å². The van der Waals surface area contributed by atoms with Crippen LogP contribution in [0.4, 0.5) is 0 Å². The fourth-order valence-electron chi connectivity index (χ4n) is 2.99. The summed E-state index contributed by atoms with van der Waals surface area (Å²) in [5.74, 6) is -0.0281. The molecule has 1 aromatic rings. The van der Waals surface area contributed by atoms with Gasteiger partial charge in [0.2, 0.25) is 0 Å². The zero-order valence-electron chi connectivity index (χ0n) is 9.96. The molecule has 3 rings (SSSR count). The normalized spacial score (nSPS) is 34.2. The molecule has 2 saturated heterocycles. The van der Waals surface area contributed by atoms with Crippen LogP contribution in [-0.4, -0.2) is 29.6 Å². The second-order valence-corrected chi connectivity index (χ2v) is 5.73. The van der Waals surface area contributed by atoms with E-state index in [1.165, 1.54) is 12.0 Å². The third-order valence-electron chi connectivity index (χ3n) is 3.77. The molecule has 0 spiro atoms. The predicted octanol–water partition coefficient (Wildman–Crippen LogP) is 2.59. The molecule has 0 aliphatic carbocycles. The van der Waals surface area contributed by atoms with Gasteiger partial charge in [0.15, 0.2) is 0 Å². The zero-order chi connectivity index (χ0) is 11.8. The highest BCUT2D eigenvalue weighted by atomic mass is 32.1. The summed E-state index contributed by atoms with van der Waals surface area (Å²) in [6.07, 6.45) is 3.27. The minimum atomic E-state index is -0.0281. The molecule has 0 aromatic carbocycles. The number of ether oxygens (including phenoxy) is 1. The van der Waals surface area contributed by atoms with Crippen molar-refractivity contribution in [2.45, 2.75) is 44.4 Å². The van der Waals surface area contributed by atoms with E-state index in [1.807, 2.05) is 6.92 Å². The third-order valence-corrected chi connectivity index (χ3v) is 4.47. The van der Waals surface area contributed by atoms with Gasteiger partial charge in [0, 0.05) is 12.5 Å². The topological polar surface area (TPSA) is 29.5 Å². The molecule has 92 valence electrons. The Labute approximate surface area is 105 Å². The fraction of sp³-hybridized carbons (Fsp3) is 0.615. The molecule has 2 aliphatic rings. The highest BCUT2D eigenvalue weighted by Gasteiger charge is 2.41. The van der Waals surface area contributed by atoms with E-state index in [0.29, 0.717) is 6.04 Å². The first-order chi connectivity index (χ1) is 8.25. The van der Waals surface area contributed by atoms with E-state index in [0.717, 1.165) is 19.4 Å². The van der Waals surface area contributed by atoms with Crippen molar-refractivity contribution >= 4 is 17.3 Å². The summed E-state index contributed by atoms with van der Waals surface area (Å²) < 4.78 is 5.27. The van der Waals surface area contributed by atoms with Crippen LogP contribution in [0.25, 0.3) is 0 Å². The number of hydrogen-bond donors (Lipinski definition) is 0. The van der Waals surface area contributed by atoms with E-state index in [9.17, 15) is 4.79 Å². The number of thiophene rings is 1. The molecule has 17 heavy (non-hydrogen) atoms. The van der Waals surface area contributed by atoms with E-state index in [4.69, 9.17) is 4.74 Å². The Morgan fingerprint density at radius 2 is 2.35 bits per heavy atom. The molecule has 2 fully saturated rings. The Hall–Kier alpha value is -0.870. The van der Waals surface area contributed by atoms with Crippen LogP contribution in [0.2, 0.25) is 0 Å². The van der Waals surface area contributed by atoms with Gasteiger partial charge in [-0.3, -0.25) is 9.69 Å². The van der Waals surface area contributed by atoms with Crippen LogP contribution in [0.15, 0.2) is 16.8 Å². The SMILES string of the molecule is C[C@@H]1C[C@@H](N2CCC[C@@H]2c2ccsc2)C(=O)O1. The Bertz CT molecular complexity index is 404. The maximum Gasteiger partial charge on any atom is 0.323 e. The number of likely N-dealkylation sites (tertiary alicyclic amines) is 1. The second kappa shape index (κ2) is 4.42. The summed E-state index contributed by atoms with van der Waals surface area (Å²) in [6.45, 7) is 3.00. The molecule has 0 radical (unpaired) electrons. The average molecular weight is 251 g/mol. The van der Waals surface area contributed by atoms with E-state index in [1.54, 1.807) is 11.3 Å². The summed E-state index contributed by atoms with van der Waals surface area (Å²) in [6, 6.07) is 2.58. The third kappa shape index (κ3) is 2.00. The van der Waals surface area contributed by atoms with Crippen molar-refractivity contribution in [3.05, 3.63) is 22.4 Å². The van der Waals surface area contributed by atoms with Crippen LogP contribution in [-0.2, 0) is 9.53 Å². The monoisotopic (exact) mass is 251 g/mol. The first-order valence-electron chi connectivity index (χ1n) is 6.24. The summed E-state index contributed by atoms with van der Waals surface area (Å²) in [4.78, 5) is 14.2. The summed E-state index contributed by atoms with van der Waals surface area (Å²) >= 11 is 1.73. The van der Waals surface area contributed by atoms with E-state index >= 15 is 0 Å². The van der Waals surface area contributed by atoms with Crippen LogP contribution >= 0.6 is 11.3 Å². The first-order valence-corrected chi connectivity index (χ1v) is 7.18. The fourth-order valence-corrected chi connectivity index (χ4v) is 3.70. The molecule has 0 N–H and O–H groups in total. The van der Waals surface area contributed by atoms with E-state index in [-0.39, 0.29) is 18.1 Å². The van der Waals surface area contributed by atoms with Crippen molar-refractivity contribution in [3.8, 4) is 0 Å². The summed E-state index contributed by atoms with van der Waals surface area (Å²) in [5.41, 5.74) is 1.36. The zero-order valence-corrected chi connectivity index (χ0v) is 10.8. The number of esters is 1. The van der Waals surface area contributed by atoms with Gasteiger partial charge in [-0.1, -0.05) is 0 Å². The number of nitrogens with zero attached hydrogens (tertiary/aromatic N) is 1. The van der Waals surface area contributed by atoms with Crippen molar-refractivity contribution in [2.75, 3.05) is 6.54 Å². The van der Waals surface area contributed by atoms with Gasteiger partial charge in [0.25, 0.3) is 0 Å². The lowest BCUT2D eigenvalue weighted by Crippen LogP contribution is -2.37. The second-order valence-electron chi connectivity index (χ2n) is 4.95. The Kier molecular flexibility index (Phi) is 2.92. The Morgan fingerprint density at radius 3 is 3.00 bits per heavy atom. The van der Waals surface area contributed by atoms with Gasteiger partial charge >= 0.3 is 5.97 Å². The van der Waals surface area contributed by atoms with Crippen LogP contribution in [0, 0.1) is 0 Å². The van der Waals surface area contributed by atoms with Crippen molar-refractivity contribution in [3.63, 3.8) is 0 Å². The minimum absolute atomic E-state index is 0.0163. The van der Waals surface area contributed by atoms with Gasteiger partial charge in [-0.2, -0.15) is 11.3 Å². The van der Waals surface area contributed by atoms with Crippen molar-refractivity contribution in [1.82, 2.24) is 4.90 Å². The molecule has 0 bridgehead atoms. The largest absolute Gasteiger partial charge is 0.461 e. The van der Waals surface area contributed by atoms with Crippen LogP contribution < -0.4 is 0 Å². The maximum absolute atomic E-state index is 11.8. The Morgan fingerprint density at radius 1 is 1.47 bits per heavy atom. The molecule has 0 unspecified atom stereocenters. The van der Waals surface area contributed by atoms with E-state index < -0.39 is 0 Å². The lowest BCUT2D eigenvalue weighted by molar-refractivity contribution is -0.145. The van der Waals surface area contributed by atoms with E-state index in [2.05, 4.69) is 21.7 Å². The van der Waals surface area contributed by atoms with Gasteiger partial charge in [0.05, 0.1) is 0 Å².